The van der Waals surface area contributed by atoms with Crippen molar-refractivity contribution < 1.29 is 28.0 Å². The van der Waals surface area contributed by atoms with E-state index in [1.165, 1.54) is 43.3 Å². The molecule has 1 amide bonds. The van der Waals surface area contributed by atoms with E-state index in [4.69, 9.17) is 0 Å². The number of anilines is 1. The molecule has 0 atom stereocenters. The molecule has 3 aromatic rings. The molecule has 0 radical (unpaired) electrons. The van der Waals surface area contributed by atoms with Crippen LogP contribution >= 0.6 is 0 Å². The van der Waals surface area contributed by atoms with Gasteiger partial charge in [0.2, 0.25) is 0 Å². The lowest BCUT2D eigenvalue weighted by Crippen LogP contribution is -2.16. The van der Waals surface area contributed by atoms with Gasteiger partial charge in [0.1, 0.15) is 6.29 Å². The fraction of sp³-hybridized carbons (Fsp3) is 0.0833. The monoisotopic (exact) mass is 423 g/mol. The Hall–Kier alpha value is -4.00. The molecule has 0 aliphatic rings. The van der Waals surface area contributed by atoms with Crippen molar-refractivity contribution in [3.63, 3.8) is 0 Å². The molecule has 0 bridgehead atoms. The molecule has 0 aromatic heterocycles. The maximum atomic E-state index is 13.6. The highest BCUT2D eigenvalue weighted by atomic mass is 19.2. The minimum Gasteiger partial charge on any atom is -0.321 e. The standard InChI is InChI=1S/C23H15F2NO4.CH4/c1-13(29)18-6-4-16(15-5-7-20(24)21(25)9-15)10-22(18)26-23(30)19-8-14(11-27)2-3-17(19)12-28;/h2-12H,1H3,(H,26,30);1H4. The van der Waals surface area contributed by atoms with Crippen LogP contribution in [-0.2, 0) is 0 Å². The van der Waals surface area contributed by atoms with Gasteiger partial charge < -0.3 is 5.32 Å². The molecule has 1 N–H and O–H groups in total. The number of hydrogen-bond donors (Lipinski definition) is 1. The Balaban J connectivity index is 0.00000341. The second-order valence-corrected chi connectivity index (χ2v) is 6.48. The second-order valence-electron chi connectivity index (χ2n) is 6.48. The zero-order chi connectivity index (χ0) is 21.8. The molecule has 0 saturated carbocycles. The van der Waals surface area contributed by atoms with Crippen molar-refractivity contribution in [1.29, 1.82) is 0 Å². The fourth-order valence-corrected chi connectivity index (χ4v) is 2.95. The predicted molar refractivity (Wildman–Crippen MR) is 114 cm³/mol. The van der Waals surface area contributed by atoms with Crippen molar-refractivity contribution >= 4 is 30.0 Å². The molecule has 7 heteroatoms. The van der Waals surface area contributed by atoms with Crippen LogP contribution in [0, 0.1) is 11.6 Å². The molecule has 0 unspecified atom stereocenters. The van der Waals surface area contributed by atoms with Gasteiger partial charge in [-0.3, -0.25) is 19.2 Å². The highest BCUT2D eigenvalue weighted by molar-refractivity contribution is 6.12. The van der Waals surface area contributed by atoms with Crippen molar-refractivity contribution in [2.75, 3.05) is 5.32 Å². The summed E-state index contributed by atoms with van der Waals surface area (Å²) in [5.41, 5.74) is 1.33. The van der Waals surface area contributed by atoms with Gasteiger partial charge in [0.05, 0.1) is 11.3 Å². The number of rotatable bonds is 6. The summed E-state index contributed by atoms with van der Waals surface area (Å²) >= 11 is 0. The van der Waals surface area contributed by atoms with E-state index in [0.717, 1.165) is 12.1 Å². The van der Waals surface area contributed by atoms with Gasteiger partial charge in [-0.1, -0.05) is 31.7 Å². The van der Waals surface area contributed by atoms with E-state index in [0.29, 0.717) is 23.7 Å². The molecule has 0 aliphatic heterocycles. The van der Waals surface area contributed by atoms with Gasteiger partial charge >= 0.3 is 0 Å². The van der Waals surface area contributed by atoms with Gasteiger partial charge in [0, 0.05) is 16.7 Å². The van der Waals surface area contributed by atoms with Crippen LogP contribution in [0.5, 0.6) is 0 Å². The molecule has 0 aliphatic carbocycles. The van der Waals surface area contributed by atoms with E-state index >= 15 is 0 Å². The first-order chi connectivity index (χ1) is 14.3. The smallest absolute Gasteiger partial charge is 0.256 e. The van der Waals surface area contributed by atoms with Gasteiger partial charge in [0.15, 0.2) is 23.7 Å². The van der Waals surface area contributed by atoms with Crippen molar-refractivity contribution in [3.05, 3.63) is 88.5 Å². The van der Waals surface area contributed by atoms with Crippen LogP contribution in [0.2, 0.25) is 0 Å². The van der Waals surface area contributed by atoms with Gasteiger partial charge in [0.25, 0.3) is 5.91 Å². The van der Waals surface area contributed by atoms with Gasteiger partial charge in [-0.2, -0.15) is 0 Å². The minimum absolute atomic E-state index is 0. The third-order valence-electron chi connectivity index (χ3n) is 4.49. The first-order valence-electron chi connectivity index (χ1n) is 8.80. The average molecular weight is 423 g/mol. The number of aldehydes is 2. The molecule has 158 valence electrons. The van der Waals surface area contributed by atoms with Crippen LogP contribution in [0.4, 0.5) is 14.5 Å². The van der Waals surface area contributed by atoms with Crippen LogP contribution in [0.3, 0.4) is 0 Å². The van der Waals surface area contributed by atoms with Crippen LogP contribution in [0.1, 0.15) is 55.8 Å². The molecule has 3 aromatic carbocycles. The van der Waals surface area contributed by atoms with Gasteiger partial charge in [-0.15, -0.1) is 0 Å². The Morgan fingerprint density at radius 2 is 1.48 bits per heavy atom. The second kappa shape index (κ2) is 9.67. The van der Waals surface area contributed by atoms with Crippen molar-refractivity contribution in [1.82, 2.24) is 0 Å². The van der Waals surface area contributed by atoms with Crippen LogP contribution in [0.15, 0.2) is 54.6 Å². The summed E-state index contributed by atoms with van der Waals surface area (Å²) in [4.78, 5) is 47.1. The number of halogens is 2. The summed E-state index contributed by atoms with van der Waals surface area (Å²) < 4.78 is 26.8. The number of Topliss-reactive ketones (excluding diaryl/α,β-unsaturated/α-hetero) is 1. The normalized spacial score (nSPS) is 10.0. The van der Waals surface area contributed by atoms with E-state index in [1.54, 1.807) is 6.07 Å². The Kier molecular flexibility index (Phi) is 7.26. The molecule has 5 nitrogen and oxygen atoms in total. The van der Waals surface area contributed by atoms with E-state index < -0.39 is 17.5 Å². The Morgan fingerprint density at radius 1 is 0.806 bits per heavy atom. The molecule has 0 spiro atoms. The number of benzene rings is 3. The third-order valence-corrected chi connectivity index (χ3v) is 4.49. The predicted octanol–water partition coefficient (Wildman–Crippen LogP) is 5.35. The highest BCUT2D eigenvalue weighted by Gasteiger charge is 2.17. The topological polar surface area (TPSA) is 80.3 Å². The molecular weight excluding hydrogens is 404 g/mol. The molecular formula is C24H19F2NO4. The van der Waals surface area contributed by atoms with E-state index in [2.05, 4.69) is 5.32 Å². The Morgan fingerprint density at radius 3 is 2.10 bits per heavy atom. The maximum Gasteiger partial charge on any atom is 0.256 e. The summed E-state index contributed by atoms with van der Waals surface area (Å²) in [7, 11) is 0. The average Bonchev–Trinajstić information content (AvgIpc) is 2.74. The molecule has 0 fully saturated rings. The summed E-state index contributed by atoms with van der Waals surface area (Å²) in [6.45, 7) is 1.31. The van der Waals surface area contributed by atoms with Crippen LogP contribution in [0.25, 0.3) is 11.1 Å². The van der Waals surface area contributed by atoms with Gasteiger partial charge in [-0.25, -0.2) is 8.78 Å². The van der Waals surface area contributed by atoms with Crippen molar-refractivity contribution in [3.8, 4) is 11.1 Å². The molecule has 31 heavy (non-hydrogen) atoms. The quantitative estimate of drug-likeness (QED) is 0.428. The van der Waals surface area contributed by atoms with E-state index in [-0.39, 0.29) is 41.2 Å². The number of nitrogens with one attached hydrogen (secondary N) is 1. The SMILES string of the molecule is C.CC(=O)c1ccc(-c2ccc(F)c(F)c2)cc1NC(=O)c1cc(C=O)ccc1C=O. The first kappa shape index (κ1) is 23.3. The maximum absolute atomic E-state index is 13.6. The first-order valence-corrected chi connectivity index (χ1v) is 8.80. The lowest BCUT2D eigenvalue weighted by molar-refractivity contribution is 0.101. The number of amides is 1. The Bertz CT molecular complexity index is 1190. The fourth-order valence-electron chi connectivity index (χ4n) is 2.95. The number of carbonyl (C=O) groups excluding carboxylic acids is 4. The van der Waals surface area contributed by atoms with Gasteiger partial charge in [-0.05, 0) is 48.4 Å². The summed E-state index contributed by atoms with van der Waals surface area (Å²) in [5, 5.41) is 2.57. The van der Waals surface area contributed by atoms with Crippen molar-refractivity contribution in [2.45, 2.75) is 14.4 Å². The lowest BCUT2D eigenvalue weighted by Gasteiger charge is -2.13. The molecule has 3 rings (SSSR count). The summed E-state index contributed by atoms with van der Waals surface area (Å²) in [5.74, 6) is -3.07. The molecule has 0 heterocycles. The third kappa shape index (κ3) is 4.95. The highest BCUT2D eigenvalue weighted by Crippen LogP contribution is 2.28. The zero-order valence-electron chi connectivity index (χ0n) is 15.7. The number of ketones is 1. The summed E-state index contributed by atoms with van der Waals surface area (Å²) in [6, 6.07) is 11.8. The minimum atomic E-state index is -1.03. The lowest BCUT2D eigenvalue weighted by atomic mass is 9.99. The number of carbonyl (C=O) groups is 4. The van der Waals surface area contributed by atoms with Crippen LogP contribution in [-0.4, -0.2) is 24.3 Å². The Labute approximate surface area is 177 Å². The van der Waals surface area contributed by atoms with E-state index in [9.17, 15) is 28.0 Å². The summed E-state index contributed by atoms with van der Waals surface area (Å²) in [6.07, 6.45) is 1.02. The number of hydrogen-bond acceptors (Lipinski definition) is 4. The van der Waals surface area contributed by atoms with Crippen LogP contribution < -0.4 is 5.32 Å². The van der Waals surface area contributed by atoms with Crippen molar-refractivity contribution in [2.24, 2.45) is 0 Å². The largest absolute Gasteiger partial charge is 0.321 e. The van der Waals surface area contributed by atoms with E-state index in [1.807, 2.05) is 0 Å². The zero-order valence-corrected chi connectivity index (χ0v) is 15.7. The molecule has 0 saturated heterocycles.